The van der Waals surface area contributed by atoms with Crippen molar-refractivity contribution in [2.24, 2.45) is 5.73 Å². The second-order valence-corrected chi connectivity index (χ2v) is 6.88. The van der Waals surface area contributed by atoms with Crippen molar-refractivity contribution in [3.63, 3.8) is 0 Å². The monoisotopic (exact) mass is 460 g/mol. The standard InChI is InChI=1S/C23H29FN4O5/c1-4-32-20(29)13-27-19-10-14(22(25)26)6-7-15(19)12-28-23(30)21(33-5-2)17-9-8-16(31-3)11-18(17)24/h6-11,21,27H,4-5,12-13H2,1-3H3,(H3,25,26)(H,28,30). The molecule has 0 fully saturated rings. The molecule has 0 heterocycles. The third-order valence-electron chi connectivity index (χ3n) is 4.66. The number of amidine groups is 1. The van der Waals surface area contributed by atoms with Gasteiger partial charge in [0.05, 0.1) is 13.7 Å². The van der Waals surface area contributed by atoms with Crippen molar-refractivity contribution in [2.45, 2.75) is 26.5 Å². The number of methoxy groups -OCH3 is 1. The van der Waals surface area contributed by atoms with Crippen LogP contribution < -0.4 is 21.1 Å². The van der Waals surface area contributed by atoms with Crippen LogP contribution in [0.15, 0.2) is 36.4 Å². The SMILES string of the molecule is CCOC(=O)CNc1cc(C(=N)N)ccc1CNC(=O)C(OCC)c1ccc(OC)cc1F. The topological polar surface area (TPSA) is 136 Å². The van der Waals surface area contributed by atoms with E-state index in [0.717, 1.165) is 0 Å². The van der Waals surface area contributed by atoms with Gasteiger partial charge in [0.2, 0.25) is 0 Å². The van der Waals surface area contributed by atoms with Gasteiger partial charge in [0, 0.05) is 36.0 Å². The summed E-state index contributed by atoms with van der Waals surface area (Å²) in [4.78, 5) is 24.6. The molecule has 0 aliphatic rings. The first-order valence-electron chi connectivity index (χ1n) is 10.4. The average Bonchev–Trinajstić information content (AvgIpc) is 2.80. The number of benzene rings is 2. The van der Waals surface area contributed by atoms with Gasteiger partial charge in [-0.15, -0.1) is 0 Å². The Bertz CT molecular complexity index is 999. The van der Waals surface area contributed by atoms with Crippen LogP contribution in [0.25, 0.3) is 0 Å². The molecule has 0 saturated carbocycles. The number of rotatable bonds is 12. The number of amides is 1. The quantitative estimate of drug-likeness (QED) is 0.217. The molecule has 2 rings (SSSR count). The summed E-state index contributed by atoms with van der Waals surface area (Å²) in [6.45, 7) is 3.81. The maximum Gasteiger partial charge on any atom is 0.325 e. The molecule has 2 aromatic rings. The number of hydrogen-bond donors (Lipinski definition) is 4. The molecule has 0 spiro atoms. The molecule has 1 atom stereocenters. The third kappa shape index (κ3) is 7.18. The molecule has 2 aromatic carbocycles. The van der Waals surface area contributed by atoms with Gasteiger partial charge in [0.1, 0.15) is 23.9 Å². The molecule has 9 nitrogen and oxygen atoms in total. The maximum absolute atomic E-state index is 14.5. The Hall–Kier alpha value is -3.66. The van der Waals surface area contributed by atoms with Crippen molar-refractivity contribution in [3.8, 4) is 5.75 Å². The number of esters is 1. The van der Waals surface area contributed by atoms with Crippen LogP contribution in [-0.4, -0.2) is 44.6 Å². The molecular formula is C23H29FN4O5. The number of carbonyl (C=O) groups excluding carboxylic acids is 2. The van der Waals surface area contributed by atoms with Crippen LogP contribution in [0, 0.1) is 11.2 Å². The average molecular weight is 461 g/mol. The Morgan fingerprint density at radius 1 is 1.15 bits per heavy atom. The van der Waals surface area contributed by atoms with Crippen LogP contribution in [0.5, 0.6) is 5.75 Å². The van der Waals surface area contributed by atoms with Gasteiger partial charge in [-0.25, -0.2) is 4.39 Å². The Labute approximate surface area is 191 Å². The molecule has 0 saturated heterocycles. The summed E-state index contributed by atoms with van der Waals surface area (Å²) in [7, 11) is 1.42. The van der Waals surface area contributed by atoms with E-state index in [1.807, 2.05) is 0 Å². The number of ether oxygens (including phenoxy) is 3. The highest BCUT2D eigenvalue weighted by atomic mass is 19.1. The van der Waals surface area contributed by atoms with Gasteiger partial charge < -0.3 is 30.6 Å². The first-order chi connectivity index (χ1) is 15.8. The van der Waals surface area contributed by atoms with Crippen molar-refractivity contribution in [2.75, 3.05) is 32.2 Å². The Morgan fingerprint density at radius 3 is 2.52 bits per heavy atom. The normalized spacial score (nSPS) is 11.4. The van der Waals surface area contributed by atoms with E-state index >= 15 is 0 Å². The second kappa shape index (κ2) is 12.4. The lowest BCUT2D eigenvalue weighted by atomic mass is 10.1. The molecule has 0 radical (unpaired) electrons. The smallest absolute Gasteiger partial charge is 0.325 e. The Morgan fingerprint density at radius 2 is 1.91 bits per heavy atom. The zero-order valence-corrected chi connectivity index (χ0v) is 18.9. The van der Waals surface area contributed by atoms with Gasteiger partial charge >= 0.3 is 5.97 Å². The lowest BCUT2D eigenvalue weighted by molar-refractivity contribution is -0.141. The van der Waals surface area contributed by atoms with Gasteiger partial charge in [-0.05, 0) is 37.6 Å². The zero-order chi connectivity index (χ0) is 24.4. The minimum Gasteiger partial charge on any atom is -0.497 e. The van der Waals surface area contributed by atoms with Gasteiger partial charge in [0.15, 0.2) is 6.10 Å². The maximum atomic E-state index is 14.5. The van der Waals surface area contributed by atoms with E-state index in [2.05, 4.69) is 10.6 Å². The van der Waals surface area contributed by atoms with Crippen molar-refractivity contribution in [3.05, 3.63) is 58.9 Å². The number of carbonyl (C=O) groups is 2. The molecule has 0 bridgehead atoms. The molecule has 1 unspecified atom stereocenters. The largest absolute Gasteiger partial charge is 0.497 e. The summed E-state index contributed by atoms with van der Waals surface area (Å²) in [5.74, 6) is -1.42. The molecule has 178 valence electrons. The number of nitrogens with one attached hydrogen (secondary N) is 3. The van der Waals surface area contributed by atoms with E-state index in [1.54, 1.807) is 38.1 Å². The van der Waals surface area contributed by atoms with E-state index in [9.17, 15) is 14.0 Å². The van der Waals surface area contributed by atoms with Crippen molar-refractivity contribution in [1.82, 2.24) is 5.32 Å². The summed E-state index contributed by atoms with van der Waals surface area (Å²) in [6, 6.07) is 9.09. The molecule has 0 aromatic heterocycles. The number of nitrogens with two attached hydrogens (primary N) is 1. The van der Waals surface area contributed by atoms with E-state index in [4.69, 9.17) is 25.4 Å². The first-order valence-corrected chi connectivity index (χ1v) is 10.4. The van der Waals surface area contributed by atoms with Crippen molar-refractivity contribution in [1.29, 1.82) is 5.41 Å². The number of anilines is 1. The van der Waals surface area contributed by atoms with E-state index in [1.165, 1.54) is 19.2 Å². The summed E-state index contributed by atoms with van der Waals surface area (Å²) in [6.07, 6.45) is -1.16. The number of hydrogen-bond acceptors (Lipinski definition) is 7. The van der Waals surface area contributed by atoms with E-state index in [-0.39, 0.29) is 37.7 Å². The fourth-order valence-electron chi connectivity index (χ4n) is 3.04. The van der Waals surface area contributed by atoms with Crippen molar-refractivity contribution < 1.29 is 28.2 Å². The highest BCUT2D eigenvalue weighted by molar-refractivity contribution is 5.96. The van der Waals surface area contributed by atoms with Crippen LogP contribution in [0.4, 0.5) is 10.1 Å². The van der Waals surface area contributed by atoms with Gasteiger partial charge in [-0.1, -0.05) is 12.1 Å². The minimum absolute atomic E-state index is 0.0591. The third-order valence-corrected chi connectivity index (χ3v) is 4.66. The van der Waals surface area contributed by atoms with Gasteiger partial charge in [0.25, 0.3) is 5.91 Å². The van der Waals surface area contributed by atoms with E-state index < -0.39 is 23.8 Å². The van der Waals surface area contributed by atoms with Crippen LogP contribution in [0.2, 0.25) is 0 Å². The highest BCUT2D eigenvalue weighted by Crippen LogP contribution is 2.25. The molecule has 33 heavy (non-hydrogen) atoms. The second-order valence-electron chi connectivity index (χ2n) is 6.88. The molecule has 0 aliphatic heterocycles. The van der Waals surface area contributed by atoms with Gasteiger partial charge in [-0.2, -0.15) is 0 Å². The first kappa shape index (κ1) is 25.6. The number of nitrogen functional groups attached to an aromatic ring is 1. The molecule has 0 aliphatic carbocycles. The summed E-state index contributed by atoms with van der Waals surface area (Å²) >= 11 is 0. The fraction of sp³-hybridized carbons (Fsp3) is 0.348. The molecule has 1 amide bonds. The van der Waals surface area contributed by atoms with Crippen LogP contribution in [0.3, 0.4) is 0 Å². The highest BCUT2D eigenvalue weighted by Gasteiger charge is 2.24. The molecular weight excluding hydrogens is 431 g/mol. The summed E-state index contributed by atoms with van der Waals surface area (Å²) < 4.78 is 30.0. The van der Waals surface area contributed by atoms with Crippen LogP contribution in [-0.2, 0) is 25.6 Å². The Balaban J connectivity index is 2.20. The molecule has 5 N–H and O–H groups in total. The van der Waals surface area contributed by atoms with E-state index in [0.29, 0.717) is 22.6 Å². The fourth-order valence-corrected chi connectivity index (χ4v) is 3.04. The zero-order valence-electron chi connectivity index (χ0n) is 18.9. The summed E-state index contributed by atoms with van der Waals surface area (Å²) in [5, 5.41) is 13.3. The van der Waals surface area contributed by atoms with Crippen LogP contribution in [0.1, 0.15) is 36.6 Å². The Kier molecular flexibility index (Phi) is 9.62. The van der Waals surface area contributed by atoms with Gasteiger partial charge in [-0.3, -0.25) is 15.0 Å². The predicted molar refractivity (Wildman–Crippen MR) is 122 cm³/mol. The lowest BCUT2D eigenvalue weighted by Gasteiger charge is -2.19. The molecule has 10 heteroatoms. The minimum atomic E-state index is -1.16. The predicted octanol–water partition coefficient (Wildman–Crippen LogP) is 2.49. The summed E-state index contributed by atoms with van der Waals surface area (Å²) in [5.41, 5.74) is 7.23. The van der Waals surface area contributed by atoms with Crippen LogP contribution >= 0.6 is 0 Å². The lowest BCUT2D eigenvalue weighted by Crippen LogP contribution is -2.31. The van der Waals surface area contributed by atoms with Crippen molar-refractivity contribution >= 4 is 23.4 Å². The number of halogens is 1.